The number of rotatable bonds is 6. The normalized spacial score (nSPS) is 15.4. The van der Waals surface area contributed by atoms with E-state index < -0.39 is 0 Å². The highest BCUT2D eigenvalue weighted by Gasteiger charge is 2.11. The van der Waals surface area contributed by atoms with Gasteiger partial charge >= 0.3 is 0 Å². The van der Waals surface area contributed by atoms with Crippen LogP contribution in [-0.2, 0) is 19.6 Å². The van der Waals surface area contributed by atoms with E-state index in [0.29, 0.717) is 0 Å². The van der Waals surface area contributed by atoms with Crippen LogP contribution in [0.15, 0.2) is 42.9 Å². The average molecular weight is 282 g/mol. The molecule has 2 heterocycles. The Balaban J connectivity index is 1.45. The van der Waals surface area contributed by atoms with Gasteiger partial charge in [-0.05, 0) is 37.1 Å². The highest BCUT2D eigenvalue weighted by molar-refractivity contribution is 5.22. The molecule has 4 heteroatoms. The van der Waals surface area contributed by atoms with Crippen molar-refractivity contribution in [2.24, 2.45) is 0 Å². The van der Waals surface area contributed by atoms with Crippen LogP contribution >= 0.6 is 0 Å². The molecule has 2 aromatic rings. The predicted octanol–water partition coefficient (Wildman–Crippen LogP) is 2.36. The lowest BCUT2D eigenvalue weighted by Gasteiger charge is -2.14. The molecule has 1 aliphatic heterocycles. The van der Waals surface area contributed by atoms with E-state index in [-0.39, 0.29) is 0 Å². The van der Waals surface area contributed by atoms with Gasteiger partial charge in [-0.1, -0.05) is 24.3 Å². The van der Waals surface area contributed by atoms with E-state index in [9.17, 15) is 0 Å². The summed E-state index contributed by atoms with van der Waals surface area (Å²) in [5.41, 5.74) is 3.70. The zero-order valence-electron chi connectivity index (χ0n) is 12.3. The van der Waals surface area contributed by atoms with E-state index in [0.717, 1.165) is 25.3 Å². The van der Waals surface area contributed by atoms with E-state index in [1.54, 1.807) is 18.6 Å². The molecular weight excluding hydrogens is 260 g/mol. The highest BCUT2D eigenvalue weighted by Crippen LogP contribution is 2.13. The number of benzene rings is 1. The van der Waals surface area contributed by atoms with Gasteiger partial charge in [0.2, 0.25) is 0 Å². The van der Waals surface area contributed by atoms with Gasteiger partial charge in [-0.15, -0.1) is 0 Å². The first kappa shape index (κ1) is 14.2. The van der Waals surface area contributed by atoms with Crippen LogP contribution < -0.4 is 5.32 Å². The third-order valence-electron chi connectivity index (χ3n) is 3.88. The smallest absolute Gasteiger partial charge is 0.0724 e. The third-order valence-corrected chi connectivity index (χ3v) is 3.88. The molecular formula is C17H22N4. The Bertz CT molecular complexity index is 532. The van der Waals surface area contributed by atoms with Crippen molar-refractivity contribution in [3.8, 4) is 0 Å². The lowest BCUT2D eigenvalue weighted by molar-refractivity contribution is 0.331. The zero-order valence-corrected chi connectivity index (χ0v) is 12.3. The molecule has 1 aromatic heterocycles. The molecule has 1 aliphatic rings. The third kappa shape index (κ3) is 4.34. The Hall–Kier alpha value is -1.78. The molecule has 1 N–H and O–H groups in total. The van der Waals surface area contributed by atoms with Crippen molar-refractivity contribution in [2.75, 3.05) is 13.1 Å². The van der Waals surface area contributed by atoms with Gasteiger partial charge in [0.05, 0.1) is 5.69 Å². The van der Waals surface area contributed by atoms with Gasteiger partial charge in [0, 0.05) is 38.2 Å². The summed E-state index contributed by atoms with van der Waals surface area (Å²) in [7, 11) is 0. The first-order valence-corrected chi connectivity index (χ1v) is 7.66. The summed E-state index contributed by atoms with van der Waals surface area (Å²) in [5.74, 6) is 0. The number of nitrogens with zero attached hydrogens (tertiary/aromatic N) is 3. The fourth-order valence-electron chi connectivity index (χ4n) is 2.72. The second kappa shape index (κ2) is 7.29. The second-order valence-electron chi connectivity index (χ2n) is 5.60. The molecule has 0 bridgehead atoms. The molecule has 21 heavy (non-hydrogen) atoms. The van der Waals surface area contributed by atoms with Crippen LogP contribution in [-0.4, -0.2) is 28.0 Å². The standard InChI is InChI=1S/C17H22N4/c1-2-10-21(9-1)14-16-5-3-15(4-6-16)11-19-13-17-12-18-7-8-20-17/h3-8,12,19H,1-2,9-11,13-14H2. The van der Waals surface area contributed by atoms with Gasteiger partial charge in [0.1, 0.15) is 0 Å². The summed E-state index contributed by atoms with van der Waals surface area (Å²) in [6.45, 7) is 5.21. The van der Waals surface area contributed by atoms with Gasteiger partial charge in [-0.25, -0.2) is 0 Å². The maximum atomic E-state index is 4.25. The van der Waals surface area contributed by atoms with E-state index >= 15 is 0 Å². The van der Waals surface area contributed by atoms with Crippen LogP contribution in [0.5, 0.6) is 0 Å². The first-order valence-electron chi connectivity index (χ1n) is 7.66. The van der Waals surface area contributed by atoms with Crippen LogP contribution in [0, 0.1) is 0 Å². The maximum absolute atomic E-state index is 4.25. The van der Waals surface area contributed by atoms with Gasteiger partial charge < -0.3 is 5.32 Å². The molecule has 0 saturated carbocycles. The molecule has 0 radical (unpaired) electrons. The number of hydrogen-bond donors (Lipinski definition) is 1. The van der Waals surface area contributed by atoms with Crippen LogP contribution in [0.3, 0.4) is 0 Å². The highest BCUT2D eigenvalue weighted by atomic mass is 15.1. The van der Waals surface area contributed by atoms with Crippen molar-refractivity contribution in [2.45, 2.75) is 32.5 Å². The fourth-order valence-corrected chi connectivity index (χ4v) is 2.72. The van der Waals surface area contributed by atoms with Crippen LogP contribution in [0.4, 0.5) is 0 Å². The molecule has 0 spiro atoms. The van der Waals surface area contributed by atoms with Gasteiger partial charge in [-0.3, -0.25) is 14.9 Å². The number of hydrogen-bond acceptors (Lipinski definition) is 4. The van der Waals surface area contributed by atoms with E-state index in [1.165, 1.54) is 37.1 Å². The SMILES string of the molecule is c1cnc(CNCc2ccc(CN3CCCC3)cc2)cn1. The Morgan fingerprint density at radius 1 is 0.952 bits per heavy atom. The number of nitrogens with one attached hydrogen (secondary N) is 1. The van der Waals surface area contributed by atoms with Gasteiger partial charge in [0.15, 0.2) is 0 Å². The summed E-state index contributed by atoms with van der Waals surface area (Å²) in [5, 5.41) is 3.40. The Morgan fingerprint density at radius 3 is 2.43 bits per heavy atom. The lowest BCUT2D eigenvalue weighted by atomic mass is 10.1. The summed E-state index contributed by atoms with van der Waals surface area (Å²) < 4.78 is 0. The van der Waals surface area contributed by atoms with Gasteiger partial charge in [-0.2, -0.15) is 0 Å². The maximum Gasteiger partial charge on any atom is 0.0724 e. The van der Waals surface area contributed by atoms with Crippen molar-refractivity contribution < 1.29 is 0 Å². The molecule has 110 valence electrons. The van der Waals surface area contributed by atoms with Crippen molar-refractivity contribution >= 4 is 0 Å². The molecule has 3 rings (SSSR count). The van der Waals surface area contributed by atoms with Crippen LogP contribution in [0.2, 0.25) is 0 Å². The average Bonchev–Trinajstić information content (AvgIpc) is 3.03. The molecule has 0 unspecified atom stereocenters. The Kier molecular flexibility index (Phi) is 4.92. The van der Waals surface area contributed by atoms with E-state index in [2.05, 4.69) is 44.5 Å². The first-order chi connectivity index (χ1) is 10.4. The predicted molar refractivity (Wildman–Crippen MR) is 83.5 cm³/mol. The fraction of sp³-hybridized carbons (Fsp3) is 0.412. The summed E-state index contributed by atoms with van der Waals surface area (Å²) in [6, 6.07) is 8.93. The molecule has 1 saturated heterocycles. The van der Waals surface area contributed by atoms with Crippen LogP contribution in [0.25, 0.3) is 0 Å². The minimum atomic E-state index is 0.753. The lowest BCUT2D eigenvalue weighted by Crippen LogP contribution is -2.18. The quantitative estimate of drug-likeness (QED) is 0.883. The topological polar surface area (TPSA) is 41.1 Å². The minimum absolute atomic E-state index is 0.753. The van der Waals surface area contributed by atoms with Crippen molar-refractivity contribution in [1.82, 2.24) is 20.2 Å². The molecule has 1 aromatic carbocycles. The second-order valence-corrected chi connectivity index (χ2v) is 5.60. The summed E-state index contributed by atoms with van der Waals surface area (Å²) in [4.78, 5) is 10.8. The number of aromatic nitrogens is 2. The van der Waals surface area contributed by atoms with Crippen molar-refractivity contribution in [3.05, 3.63) is 59.7 Å². The monoisotopic (exact) mass is 282 g/mol. The summed E-state index contributed by atoms with van der Waals surface area (Å²) >= 11 is 0. The molecule has 0 amide bonds. The van der Waals surface area contributed by atoms with Gasteiger partial charge in [0.25, 0.3) is 0 Å². The van der Waals surface area contributed by atoms with Crippen LogP contribution in [0.1, 0.15) is 29.7 Å². The Morgan fingerprint density at radius 2 is 1.71 bits per heavy atom. The minimum Gasteiger partial charge on any atom is -0.307 e. The largest absolute Gasteiger partial charge is 0.307 e. The molecule has 1 fully saturated rings. The Labute approximate surface area is 126 Å². The number of likely N-dealkylation sites (tertiary alicyclic amines) is 1. The zero-order chi connectivity index (χ0) is 14.3. The summed E-state index contributed by atoms with van der Waals surface area (Å²) in [6.07, 6.45) is 7.92. The van der Waals surface area contributed by atoms with Crippen molar-refractivity contribution in [3.63, 3.8) is 0 Å². The molecule has 4 nitrogen and oxygen atoms in total. The van der Waals surface area contributed by atoms with E-state index in [4.69, 9.17) is 0 Å². The van der Waals surface area contributed by atoms with E-state index in [1.807, 2.05) is 0 Å². The van der Waals surface area contributed by atoms with Crippen molar-refractivity contribution in [1.29, 1.82) is 0 Å². The molecule has 0 aliphatic carbocycles. The molecule has 0 atom stereocenters.